The first kappa shape index (κ1) is 15.4. The minimum Gasteiger partial charge on any atom is -0.394 e. The van der Waals surface area contributed by atoms with Crippen molar-refractivity contribution in [1.29, 1.82) is 0 Å². The summed E-state index contributed by atoms with van der Waals surface area (Å²) in [5.74, 6) is 0.972. The van der Waals surface area contributed by atoms with E-state index < -0.39 is 31.1 Å². The highest BCUT2D eigenvalue weighted by Crippen LogP contribution is 2.36. The monoisotopic (exact) mass is 327 g/mol. The molecule has 0 bridgehead atoms. The molecule has 0 radical (unpaired) electrons. The first-order chi connectivity index (χ1) is 10.6. The number of aromatic nitrogens is 4. The summed E-state index contributed by atoms with van der Waals surface area (Å²) in [6.07, 6.45) is -2.86. The number of ether oxygens (including phenoxy) is 1. The molecule has 1 saturated heterocycles. The Morgan fingerprint density at radius 3 is 2.77 bits per heavy atom. The number of nitrogens with two attached hydrogens (primary N) is 1. The Labute approximate surface area is 130 Å². The Balaban J connectivity index is 2.13. The van der Waals surface area contributed by atoms with Crippen LogP contribution in [0.5, 0.6) is 0 Å². The topological polar surface area (TPSA) is 140 Å². The molecule has 0 spiro atoms. The number of fused-ring (bicyclic) bond motifs is 1. The lowest BCUT2D eigenvalue weighted by Gasteiger charge is -2.18. The van der Waals surface area contributed by atoms with E-state index in [1.165, 1.54) is 18.1 Å². The average molecular weight is 327 g/mol. The highest BCUT2D eigenvalue weighted by Gasteiger charge is 2.45. The van der Waals surface area contributed by atoms with Gasteiger partial charge in [0.2, 0.25) is 0 Å². The molecule has 0 aliphatic carbocycles. The van der Waals surface area contributed by atoms with E-state index in [2.05, 4.69) is 15.0 Å². The Morgan fingerprint density at radius 1 is 1.36 bits per heavy atom. The molecule has 0 saturated carbocycles. The van der Waals surface area contributed by atoms with Crippen molar-refractivity contribution in [1.82, 2.24) is 19.5 Å². The Morgan fingerprint density at radius 2 is 2.14 bits per heavy atom. The van der Waals surface area contributed by atoms with Crippen LogP contribution in [0.2, 0.25) is 0 Å². The zero-order valence-corrected chi connectivity index (χ0v) is 12.6. The van der Waals surface area contributed by atoms with E-state index in [0.29, 0.717) is 16.3 Å². The van der Waals surface area contributed by atoms with Gasteiger partial charge in [-0.15, -0.1) is 0 Å². The van der Waals surface area contributed by atoms with Gasteiger partial charge in [-0.25, -0.2) is 15.0 Å². The third kappa shape index (κ3) is 2.32. The van der Waals surface area contributed by atoms with Crippen LogP contribution in [0.4, 0.5) is 5.82 Å². The fraction of sp³-hybridized carbons (Fsp3) is 0.583. The van der Waals surface area contributed by atoms with Crippen molar-refractivity contribution in [3.05, 3.63) is 6.33 Å². The summed E-state index contributed by atoms with van der Waals surface area (Å²) >= 11 is 1.43. The molecule has 3 rings (SSSR count). The normalized spacial score (nSPS) is 28.5. The summed E-state index contributed by atoms with van der Waals surface area (Å²) in [5.41, 5.74) is 6.65. The number of aliphatic hydroxyl groups is 3. The predicted octanol–water partition coefficient (Wildman–Crippen LogP) is -0.868. The van der Waals surface area contributed by atoms with Crippen LogP contribution < -0.4 is 5.73 Å². The second-order valence-corrected chi connectivity index (χ2v) is 6.09. The van der Waals surface area contributed by atoms with E-state index in [-0.39, 0.29) is 5.82 Å². The second kappa shape index (κ2) is 5.97. The van der Waals surface area contributed by atoms with Gasteiger partial charge in [0.25, 0.3) is 0 Å². The predicted molar refractivity (Wildman–Crippen MR) is 79.1 cm³/mol. The van der Waals surface area contributed by atoms with Crippen molar-refractivity contribution in [2.45, 2.75) is 36.6 Å². The zero-order valence-electron chi connectivity index (χ0n) is 11.8. The fourth-order valence-corrected chi connectivity index (χ4v) is 3.20. The van der Waals surface area contributed by atoms with Gasteiger partial charge < -0.3 is 25.8 Å². The fourth-order valence-electron chi connectivity index (χ4n) is 2.46. The minimum absolute atomic E-state index is 0.230. The van der Waals surface area contributed by atoms with E-state index in [0.717, 1.165) is 5.75 Å². The lowest BCUT2D eigenvalue weighted by Crippen LogP contribution is -2.33. The quantitative estimate of drug-likeness (QED) is 0.528. The molecule has 1 fully saturated rings. The third-order valence-corrected chi connectivity index (χ3v) is 4.35. The molecule has 22 heavy (non-hydrogen) atoms. The number of thioether (sulfide) groups is 1. The van der Waals surface area contributed by atoms with E-state index in [1.807, 2.05) is 6.92 Å². The first-order valence-electron chi connectivity index (χ1n) is 6.82. The van der Waals surface area contributed by atoms with Gasteiger partial charge >= 0.3 is 0 Å². The van der Waals surface area contributed by atoms with Crippen molar-refractivity contribution >= 4 is 28.7 Å². The summed E-state index contributed by atoms with van der Waals surface area (Å²) in [4.78, 5) is 12.5. The van der Waals surface area contributed by atoms with Crippen LogP contribution in [-0.2, 0) is 4.74 Å². The Hall–Kier alpha value is -1.46. The van der Waals surface area contributed by atoms with Crippen LogP contribution in [0.1, 0.15) is 13.2 Å². The largest absolute Gasteiger partial charge is 0.394 e. The third-order valence-electron chi connectivity index (χ3n) is 3.52. The van der Waals surface area contributed by atoms with Crippen LogP contribution >= 0.6 is 11.8 Å². The standard InChI is InChI=1S/C12H17N5O4S/c1-2-22-12-16-6-9(13)14-4-15-10(6)17(12)11-8(20)7(19)5(3-18)21-11/h4-5,7-8,11,18-20H,2-3H2,1H3,(H2,13,14,15)/t5-,7?,8?,11-/m1/s1. The lowest BCUT2D eigenvalue weighted by atomic mass is 10.1. The van der Waals surface area contributed by atoms with Gasteiger partial charge in [-0.1, -0.05) is 18.7 Å². The van der Waals surface area contributed by atoms with Gasteiger partial charge in [0, 0.05) is 0 Å². The van der Waals surface area contributed by atoms with E-state index in [4.69, 9.17) is 10.5 Å². The maximum Gasteiger partial charge on any atom is 0.172 e. The van der Waals surface area contributed by atoms with Gasteiger partial charge in [-0.05, 0) is 5.75 Å². The van der Waals surface area contributed by atoms with Crippen LogP contribution in [0.25, 0.3) is 11.2 Å². The molecule has 10 heteroatoms. The van der Waals surface area contributed by atoms with E-state index >= 15 is 0 Å². The molecule has 9 nitrogen and oxygen atoms in total. The average Bonchev–Trinajstić information content (AvgIpc) is 3.00. The van der Waals surface area contributed by atoms with Crippen molar-refractivity contribution in [2.75, 3.05) is 18.1 Å². The van der Waals surface area contributed by atoms with Gasteiger partial charge in [0.1, 0.15) is 24.6 Å². The number of nitrogen functional groups attached to an aromatic ring is 1. The molecular formula is C12H17N5O4S. The molecule has 2 unspecified atom stereocenters. The van der Waals surface area contributed by atoms with Gasteiger partial charge in [-0.2, -0.15) is 0 Å². The van der Waals surface area contributed by atoms with Gasteiger partial charge in [0.15, 0.2) is 28.4 Å². The number of hydrogen-bond donors (Lipinski definition) is 4. The van der Waals surface area contributed by atoms with Crippen molar-refractivity contribution < 1.29 is 20.1 Å². The molecule has 3 heterocycles. The van der Waals surface area contributed by atoms with Crippen LogP contribution in [0, 0.1) is 0 Å². The van der Waals surface area contributed by atoms with E-state index in [1.54, 1.807) is 4.57 Å². The van der Waals surface area contributed by atoms with Crippen LogP contribution in [-0.4, -0.2) is 65.5 Å². The molecule has 1 aliphatic heterocycles. The number of anilines is 1. The summed E-state index contributed by atoms with van der Waals surface area (Å²) in [6.45, 7) is 1.56. The number of hydrogen-bond acceptors (Lipinski definition) is 9. The molecule has 120 valence electrons. The van der Waals surface area contributed by atoms with Gasteiger partial charge in [0.05, 0.1) is 6.61 Å². The highest BCUT2D eigenvalue weighted by atomic mass is 32.2. The smallest absolute Gasteiger partial charge is 0.172 e. The molecule has 1 aliphatic rings. The first-order valence-corrected chi connectivity index (χ1v) is 7.80. The molecule has 5 N–H and O–H groups in total. The van der Waals surface area contributed by atoms with Crippen molar-refractivity contribution in [3.63, 3.8) is 0 Å². The van der Waals surface area contributed by atoms with Gasteiger partial charge in [-0.3, -0.25) is 4.57 Å². The zero-order chi connectivity index (χ0) is 15.9. The Bertz CT molecular complexity index is 681. The lowest BCUT2D eigenvalue weighted by molar-refractivity contribution is -0.0548. The van der Waals surface area contributed by atoms with E-state index in [9.17, 15) is 15.3 Å². The molecule has 2 aromatic heterocycles. The van der Waals surface area contributed by atoms with Crippen molar-refractivity contribution in [2.24, 2.45) is 0 Å². The van der Waals surface area contributed by atoms with Crippen molar-refractivity contribution in [3.8, 4) is 0 Å². The molecular weight excluding hydrogens is 310 g/mol. The highest BCUT2D eigenvalue weighted by molar-refractivity contribution is 7.99. The number of rotatable bonds is 4. The SMILES string of the molecule is CCSc1nc2c(N)ncnc2n1[C@@H]1O[C@H](CO)C(O)C1O. The Kier molecular flexibility index (Phi) is 4.19. The van der Waals surface area contributed by atoms with Crippen LogP contribution in [0.15, 0.2) is 11.5 Å². The molecule has 4 atom stereocenters. The number of nitrogens with zero attached hydrogens (tertiary/aromatic N) is 4. The maximum absolute atomic E-state index is 10.2. The second-order valence-electron chi connectivity index (χ2n) is 4.86. The maximum atomic E-state index is 10.2. The number of aliphatic hydroxyl groups excluding tert-OH is 3. The molecule has 0 aromatic carbocycles. The summed E-state index contributed by atoms with van der Waals surface area (Å²) in [7, 11) is 0. The number of imidazole rings is 1. The summed E-state index contributed by atoms with van der Waals surface area (Å²) in [6, 6.07) is 0. The summed E-state index contributed by atoms with van der Waals surface area (Å²) < 4.78 is 7.16. The van der Waals surface area contributed by atoms with Crippen LogP contribution in [0.3, 0.4) is 0 Å². The molecule has 0 amide bonds. The minimum atomic E-state index is -1.21. The summed E-state index contributed by atoms with van der Waals surface area (Å²) in [5, 5.41) is 30.0. The molecule has 2 aromatic rings.